The van der Waals surface area contributed by atoms with Gasteiger partial charge in [-0.2, -0.15) is 0 Å². The average Bonchev–Trinajstić information content (AvgIpc) is 2.99. The number of ether oxygens (including phenoxy) is 5. The number of aliphatic hydroxyl groups excluding tert-OH is 1. The number of benzene rings is 2. The number of nitro benzene ring substituents is 2. The summed E-state index contributed by atoms with van der Waals surface area (Å²) in [6.45, 7) is 8.51. The monoisotopic (exact) mass is 660 g/mol. The zero-order chi connectivity index (χ0) is 31.5. The molecule has 0 saturated carbocycles. The number of non-ortho nitro benzene ring substituents is 2. The van der Waals surface area contributed by atoms with E-state index in [0.717, 1.165) is 45.9 Å². The van der Waals surface area contributed by atoms with Crippen LogP contribution in [0.1, 0.15) is 14.9 Å². The quantitative estimate of drug-likeness (QED) is 0.131. The molecule has 2 saturated heterocycles. The van der Waals surface area contributed by atoms with E-state index in [4.69, 9.17) is 35.7 Å². The van der Waals surface area contributed by atoms with Crippen LogP contribution in [0, 0.1) is 20.2 Å². The van der Waals surface area contributed by atoms with Gasteiger partial charge in [0.2, 0.25) is 0 Å². The molecule has 2 aromatic carbocycles. The van der Waals surface area contributed by atoms with Gasteiger partial charge in [0.05, 0.1) is 42.9 Å². The van der Waals surface area contributed by atoms with Crippen molar-refractivity contribution in [1.29, 1.82) is 0 Å². The van der Waals surface area contributed by atoms with E-state index in [1.54, 1.807) is 0 Å². The molecule has 0 atom stereocenters. The fraction of sp³-hybridized carbons (Fsp3) is 0.500. The highest BCUT2D eigenvalue weighted by Crippen LogP contribution is 2.18. The van der Waals surface area contributed by atoms with Gasteiger partial charge in [0, 0.05) is 75.1 Å². The van der Waals surface area contributed by atoms with Gasteiger partial charge in [0.25, 0.3) is 11.4 Å². The summed E-state index contributed by atoms with van der Waals surface area (Å²) < 4.78 is 24.6. The molecular formula is C28H41ClN4O12. The van der Waals surface area contributed by atoms with Crippen LogP contribution in [0.5, 0.6) is 11.5 Å². The number of halogens is 1. The molecule has 45 heavy (non-hydrogen) atoms. The van der Waals surface area contributed by atoms with E-state index in [1.807, 2.05) is 0 Å². The minimum atomic E-state index is -0.978. The molecule has 1 N–H and O–H groups in total. The number of nitro groups is 2. The Labute approximate surface area is 266 Å². The highest BCUT2D eigenvalue weighted by atomic mass is 35.5. The van der Waals surface area contributed by atoms with Crippen LogP contribution in [-0.4, -0.2) is 115 Å². The SMILES string of the molecule is C.C.O=C(Cl)Oc1ccc([N+](=O)[O-])cc1.O=C(OCCN1CCOCC1)Oc1ccc([N+](=O)[O-])cc1.OCCN1CCOCC1. The van der Waals surface area contributed by atoms with Crippen LogP contribution in [0.25, 0.3) is 0 Å². The molecule has 252 valence electrons. The Hall–Kier alpha value is -3.93. The molecule has 2 aromatic rings. The van der Waals surface area contributed by atoms with Crippen LogP contribution in [0.3, 0.4) is 0 Å². The molecule has 16 nitrogen and oxygen atoms in total. The lowest BCUT2D eigenvalue weighted by Gasteiger charge is -2.25. The van der Waals surface area contributed by atoms with E-state index in [1.165, 1.54) is 48.5 Å². The van der Waals surface area contributed by atoms with Gasteiger partial charge in [0.1, 0.15) is 18.1 Å². The average molecular weight is 661 g/mol. The van der Waals surface area contributed by atoms with Crippen molar-refractivity contribution in [2.45, 2.75) is 14.9 Å². The lowest BCUT2D eigenvalue weighted by atomic mass is 10.3. The normalized spacial score (nSPS) is 14.4. The van der Waals surface area contributed by atoms with Gasteiger partial charge in [-0.05, 0) is 24.3 Å². The summed E-state index contributed by atoms with van der Waals surface area (Å²) in [5.41, 5.74) is -1.12. The molecule has 17 heteroatoms. The number of hydrogen-bond donors (Lipinski definition) is 1. The maximum absolute atomic E-state index is 11.5. The third-order valence-electron chi connectivity index (χ3n) is 5.75. The standard InChI is InChI=1S/C13H16N2O6.C7H4ClNO4.C6H13NO2.2CH4/c16-13(20-10-7-14-5-8-19-9-6-14)21-12-3-1-11(2-4-12)15(17)18;8-7(10)13-6-3-1-5(2-4-6)9(11)12;8-4-1-7-2-5-9-6-3-7;;/h1-4H,5-10H2;1-4H;8H,1-6H2;2*1H4. The third-order valence-corrected chi connectivity index (χ3v) is 5.82. The number of β-amino-alcohol motifs (C(OH)–C–C–N with tert-alkyl or cyclic N) is 1. The molecule has 2 aliphatic heterocycles. The summed E-state index contributed by atoms with van der Waals surface area (Å²) in [4.78, 5) is 45.6. The van der Waals surface area contributed by atoms with Gasteiger partial charge < -0.3 is 28.8 Å². The van der Waals surface area contributed by atoms with Crippen LogP contribution >= 0.6 is 11.6 Å². The van der Waals surface area contributed by atoms with Gasteiger partial charge >= 0.3 is 11.6 Å². The molecule has 4 rings (SSSR count). The fourth-order valence-electron chi connectivity index (χ4n) is 3.54. The lowest BCUT2D eigenvalue weighted by molar-refractivity contribution is -0.385. The smallest absolute Gasteiger partial charge is 0.433 e. The zero-order valence-electron chi connectivity index (χ0n) is 23.2. The molecule has 0 aromatic heterocycles. The van der Waals surface area contributed by atoms with E-state index in [0.29, 0.717) is 19.8 Å². The first-order valence-corrected chi connectivity index (χ1v) is 13.5. The van der Waals surface area contributed by atoms with Crippen LogP contribution in [0.15, 0.2) is 48.5 Å². The van der Waals surface area contributed by atoms with E-state index in [9.17, 15) is 29.8 Å². The van der Waals surface area contributed by atoms with E-state index in [-0.39, 0.29) is 50.9 Å². The molecule has 2 fully saturated rings. The van der Waals surface area contributed by atoms with Crippen molar-refractivity contribution < 1.29 is 48.2 Å². The van der Waals surface area contributed by atoms with E-state index >= 15 is 0 Å². The number of nitrogens with zero attached hydrogens (tertiary/aromatic N) is 4. The van der Waals surface area contributed by atoms with Crippen molar-refractivity contribution in [2.24, 2.45) is 0 Å². The van der Waals surface area contributed by atoms with Gasteiger partial charge in [-0.25, -0.2) is 9.59 Å². The Balaban J connectivity index is 0.000000692. The molecule has 2 aliphatic rings. The van der Waals surface area contributed by atoms with Gasteiger partial charge in [0.15, 0.2) is 0 Å². The first-order valence-electron chi connectivity index (χ1n) is 13.1. The summed E-state index contributed by atoms with van der Waals surface area (Å²) in [7, 11) is 0. The summed E-state index contributed by atoms with van der Waals surface area (Å²) in [6, 6.07) is 10.2. The van der Waals surface area contributed by atoms with Gasteiger partial charge in [-0.1, -0.05) is 14.9 Å². The second-order valence-corrected chi connectivity index (χ2v) is 8.98. The van der Waals surface area contributed by atoms with Gasteiger partial charge in [-0.15, -0.1) is 0 Å². The van der Waals surface area contributed by atoms with Crippen molar-refractivity contribution in [3.63, 3.8) is 0 Å². The molecule has 0 amide bonds. The fourth-order valence-corrected chi connectivity index (χ4v) is 3.63. The second kappa shape index (κ2) is 23.5. The summed E-state index contributed by atoms with van der Waals surface area (Å²) >= 11 is 4.92. The van der Waals surface area contributed by atoms with Crippen LogP contribution in [0.2, 0.25) is 0 Å². The predicted molar refractivity (Wildman–Crippen MR) is 165 cm³/mol. The number of carbonyl (C=O) groups excluding carboxylic acids is 2. The Kier molecular flexibility index (Phi) is 21.4. The minimum Gasteiger partial charge on any atom is -0.433 e. The number of rotatable bonds is 9. The Morgan fingerprint density at radius 3 is 1.53 bits per heavy atom. The summed E-state index contributed by atoms with van der Waals surface area (Å²) in [6.07, 6.45) is -0.822. The van der Waals surface area contributed by atoms with E-state index < -0.39 is 21.4 Å². The van der Waals surface area contributed by atoms with Crippen molar-refractivity contribution in [1.82, 2.24) is 9.80 Å². The zero-order valence-corrected chi connectivity index (χ0v) is 24.0. The number of carbonyl (C=O) groups is 2. The molecule has 0 unspecified atom stereocenters. The third kappa shape index (κ3) is 17.8. The minimum absolute atomic E-state index is 0. The van der Waals surface area contributed by atoms with Crippen molar-refractivity contribution in [2.75, 3.05) is 78.9 Å². The first-order chi connectivity index (χ1) is 20.7. The lowest BCUT2D eigenvalue weighted by Crippen LogP contribution is -2.38. The second-order valence-electron chi connectivity index (χ2n) is 8.67. The van der Waals surface area contributed by atoms with Crippen molar-refractivity contribution in [3.8, 4) is 11.5 Å². The van der Waals surface area contributed by atoms with Gasteiger partial charge in [-0.3, -0.25) is 30.0 Å². The molecule has 0 aliphatic carbocycles. The molecule has 0 bridgehead atoms. The predicted octanol–water partition coefficient (Wildman–Crippen LogP) is 4.36. The maximum atomic E-state index is 11.5. The largest absolute Gasteiger partial charge is 0.513 e. The van der Waals surface area contributed by atoms with Crippen molar-refractivity contribution >= 4 is 34.6 Å². The van der Waals surface area contributed by atoms with Crippen LogP contribution in [-0.2, 0) is 14.2 Å². The summed E-state index contributed by atoms with van der Waals surface area (Å²) in [5, 5.41) is 29.2. The van der Waals surface area contributed by atoms with Crippen molar-refractivity contribution in [3.05, 3.63) is 68.8 Å². The van der Waals surface area contributed by atoms with E-state index in [2.05, 4.69) is 14.5 Å². The van der Waals surface area contributed by atoms with Crippen LogP contribution in [0.4, 0.5) is 21.0 Å². The highest BCUT2D eigenvalue weighted by Gasteiger charge is 2.13. The first kappa shape index (κ1) is 41.1. The molecular weight excluding hydrogens is 620 g/mol. The highest BCUT2D eigenvalue weighted by molar-refractivity contribution is 6.61. The molecule has 0 spiro atoms. The topological polar surface area (TPSA) is 193 Å². The Morgan fingerprint density at radius 1 is 0.756 bits per heavy atom. The molecule has 2 heterocycles. The number of morpholine rings is 2. The Bertz CT molecular complexity index is 1140. The maximum Gasteiger partial charge on any atom is 0.513 e. The number of aliphatic hydroxyl groups is 1. The number of hydrogen-bond acceptors (Lipinski definition) is 14. The van der Waals surface area contributed by atoms with Crippen LogP contribution < -0.4 is 9.47 Å². The molecule has 0 radical (unpaired) electrons. The summed E-state index contributed by atoms with van der Waals surface area (Å²) in [5.74, 6) is 0.377. The Morgan fingerprint density at radius 2 is 1.16 bits per heavy atom.